The fraction of sp³-hybridized carbons (Fsp3) is 0.429. The molecule has 21 heavy (non-hydrogen) atoms. The van der Waals surface area contributed by atoms with Crippen LogP contribution in [-0.4, -0.2) is 38.6 Å². The summed E-state index contributed by atoms with van der Waals surface area (Å²) in [6, 6.07) is 3.23. The van der Waals surface area contributed by atoms with E-state index >= 15 is 0 Å². The summed E-state index contributed by atoms with van der Waals surface area (Å²) in [5.41, 5.74) is 0.448. The van der Waals surface area contributed by atoms with Gasteiger partial charge in [-0.3, -0.25) is 9.59 Å². The first-order valence-electron chi connectivity index (χ1n) is 6.54. The predicted molar refractivity (Wildman–Crippen MR) is 80.7 cm³/mol. The maximum Gasteiger partial charge on any atom is 0.251 e. The van der Waals surface area contributed by atoms with Crippen molar-refractivity contribution in [2.24, 2.45) is 0 Å². The lowest BCUT2D eigenvalue weighted by molar-refractivity contribution is -0.122. The summed E-state index contributed by atoms with van der Waals surface area (Å²) in [6.45, 7) is 0.454. The van der Waals surface area contributed by atoms with Crippen LogP contribution in [0.25, 0.3) is 0 Å². The van der Waals surface area contributed by atoms with E-state index in [0.717, 1.165) is 0 Å². The first kappa shape index (κ1) is 15.6. The molecular weight excluding hydrogens is 340 g/mol. The fourth-order valence-electron chi connectivity index (χ4n) is 2.13. The lowest BCUT2D eigenvalue weighted by Gasteiger charge is -2.23. The zero-order valence-corrected chi connectivity index (χ0v) is 13.5. The van der Waals surface area contributed by atoms with E-state index in [1.54, 1.807) is 12.1 Å². The molecule has 1 atom stereocenters. The van der Waals surface area contributed by atoms with E-state index in [1.807, 2.05) is 0 Å². The zero-order chi connectivity index (χ0) is 15.4. The maximum absolute atomic E-state index is 12.3. The van der Waals surface area contributed by atoms with Crippen molar-refractivity contribution >= 4 is 27.7 Å². The van der Waals surface area contributed by atoms with Crippen LogP contribution in [0.2, 0.25) is 0 Å². The third kappa shape index (κ3) is 3.66. The minimum atomic E-state index is -0.222. The highest BCUT2D eigenvalue weighted by Gasteiger charge is 2.21. The van der Waals surface area contributed by atoms with Crippen LogP contribution >= 0.6 is 15.9 Å². The minimum Gasteiger partial charge on any atom is -0.495 e. The van der Waals surface area contributed by atoms with Crippen LogP contribution in [-0.2, 0) is 4.79 Å². The number of carbonyl (C=O) groups excluding carboxylic acids is 2. The molecule has 0 aromatic heterocycles. The third-order valence-corrected chi connectivity index (χ3v) is 4.09. The number of ether oxygens (including phenoxy) is 2. The Morgan fingerprint density at radius 2 is 1.95 bits per heavy atom. The van der Waals surface area contributed by atoms with Crippen molar-refractivity contribution in [3.8, 4) is 11.5 Å². The van der Waals surface area contributed by atoms with Crippen molar-refractivity contribution in [2.75, 3.05) is 20.8 Å². The van der Waals surface area contributed by atoms with E-state index in [-0.39, 0.29) is 17.9 Å². The quantitative estimate of drug-likeness (QED) is 0.856. The Balaban J connectivity index is 2.13. The van der Waals surface area contributed by atoms with Gasteiger partial charge in [-0.1, -0.05) is 0 Å². The number of nitrogens with one attached hydrogen (secondary N) is 2. The zero-order valence-electron chi connectivity index (χ0n) is 11.9. The number of amides is 2. The Kier molecular flexibility index (Phi) is 5.06. The van der Waals surface area contributed by atoms with Gasteiger partial charge in [0.15, 0.2) is 0 Å². The van der Waals surface area contributed by atoms with Gasteiger partial charge in [0.1, 0.15) is 16.0 Å². The van der Waals surface area contributed by atoms with Crippen LogP contribution in [0.3, 0.4) is 0 Å². The second-order valence-corrected chi connectivity index (χ2v) is 5.50. The van der Waals surface area contributed by atoms with Gasteiger partial charge in [0.05, 0.1) is 14.2 Å². The Morgan fingerprint density at radius 1 is 1.33 bits per heavy atom. The van der Waals surface area contributed by atoms with E-state index < -0.39 is 0 Å². The van der Waals surface area contributed by atoms with Gasteiger partial charge in [0, 0.05) is 24.6 Å². The standard InChI is InChI=1S/C14H17BrN2O4/c1-20-10-5-8(6-11(21-2)13(10)15)14(19)17-9-3-4-12(18)16-7-9/h5-6,9H,3-4,7H2,1-2H3,(H,16,18)(H,17,19). The van der Waals surface area contributed by atoms with E-state index in [9.17, 15) is 9.59 Å². The summed E-state index contributed by atoms with van der Waals surface area (Å²) < 4.78 is 11.1. The van der Waals surface area contributed by atoms with Crippen LogP contribution in [0.5, 0.6) is 11.5 Å². The Labute approximate surface area is 131 Å². The molecule has 0 saturated carbocycles. The van der Waals surface area contributed by atoms with Crippen molar-refractivity contribution in [1.29, 1.82) is 0 Å². The molecule has 7 heteroatoms. The third-order valence-electron chi connectivity index (χ3n) is 3.31. The molecule has 0 spiro atoms. The lowest BCUT2D eigenvalue weighted by atomic mass is 10.1. The molecule has 1 aromatic carbocycles. The number of carbonyl (C=O) groups is 2. The molecule has 2 N–H and O–H groups in total. The first-order valence-corrected chi connectivity index (χ1v) is 7.33. The first-order chi connectivity index (χ1) is 10.0. The van der Waals surface area contributed by atoms with Gasteiger partial charge in [-0.2, -0.15) is 0 Å². The average Bonchev–Trinajstić information content (AvgIpc) is 2.49. The highest BCUT2D eigenvalue weighted by Crippen LogP contribution is 2.35. The van der Waals surface area contributed by atoms with Crippen LogP contribution in [0.1, 0.15) is 23.2 Å². The van der Waals surface area contributed by atoms with E-state index in [1.165, 1.54) is 14.2 Å². The molecule has 114 valence electrons. The molecule has 1 aromatic rings. The summed E-state index contributed by atoms with van der Waals surface area (Å²) in [4.78, 5) is 23.4. The molecule has 1 fully saturated rings. The largest absolute Gasteiger partial charge is 0.495 e. The average molecular weight is 357 g/mol. The smallest absolute Gasteiger partial charge is 0.251 e. The molecule has 2 amide bonds. The summed E-state index contributed by atoms with van der Waals surface area (Å²) in [5.74, 6) is 0.848. The van der Waals surface area contributed by atoms with Crippen LogP contribution in [0, 0.1) is 0 Å². The van der Waals surface area contributed by atoms with Gasteiger partial charge in [-0.25, -0.2) is 0 Å². The molecule has 0 bridgehead atoms. The molecule has 1 saturated heterocycles. The number of halogens is 1. The molecule has 6 nitrogen and oxygen atoms in total. The molecular formula is C14H17BrN2O4. The van der Waals surface area contributed by atoms with Gasteiger partial charge in [-0.15, -0.1) is 0 Å². The van der Waals surface area contributed by atoms with Crippen LogP contribution in [0.4, 0.5) is 0 Å². The van der Waals surface area contributed by atoms with Crippen molar-refractivity contribution in [3.05, 3.63) is 22.2 Å². The van der Waals surface area contributed by atoms with Gasteiger partial charge in [0.25, 0.3) is 5.91 Å². The molecule has 0 aliphatic carbocycles. The number of methoxy groups -OCH3 is 2. The topological polar surface area (TPSA) is 76.7 Å². The molecule has 2 rings (SSSR count). The SMILES string of the molecule is COc1cc(C(=O)NC2CCC(=O)NC2)cc(OC)c1Br. The van der Waals surface area contributed by atoms with Crippen LogP contribution in [0.15, 0.2) is 16.6 Å². The van der Waals surface area contributed by atoms with Crippen molar-refractivity contribution in [1.82, 2.24) is 10.6 Å². The van der Waals surface area contributed by atoms with Gasteiger partial charge >= 0.3 is 0 Å². The Bertz CT molecular complexity index is 527. The summed E-state index contributed by atoms with van der Waals surface area (Å²) >= 11 is 3.36. The maximum atomic E-state index is 12.3. The number of hydrogen-bond donors (Lipinski definition) is 2. The minimum absolute atomic E-state index is 0.0208. The number of hydrogen-bond acceptors (Lipinski definition) is 4. The van der Waals surface area contributed by atoms with Crippen molar-refractivity contribution in [3.63, 3.8) is 0 Å². The number of benzene rings is 1. The Morgan fingerprint density at radius 3 is 2.43 bits per heavy atom. The van der Waals surface area contributed by atoms with Crippen LogP contribution < -0.4 is 20.1 Å². The summed E-state index contributed by atoms with van der Waals surface area (Å²) in [5, 5.41) is 5.63. The Hall–Kier alpha value is -1.76. The molecule has 1 aliphatic rings. The molecule has 1 aliphatic heterocycles. The van der Waals surface area contributed by atoms with Crippen molar-refractivity contribution in [2.45, 2.75) is 18.9 Å². The highest BCUT2D eigenvalue weighted by atomic mass is 79.9. The number of rotatable bonds is 4. The lowest BCUT2D eigenvalue weighted by Crippen LogP contribution is -2.47. The molecule has 1 unspecified atom stereocenters. The summed E-state index contributed by atoms with van der Waals surface area (Å²) in [6.07, 6.45) is 1.07. The number of piperidine rings is 1. The van der Waals surface area contributed by atoms with E-state index in [4.69, 9.17) is 9.47 Å². The second-order valence-electron chi connectivity index (χ2n) is 4.71. The fourth-order valence-corrected chi connectivity index (χ4v) is 2.68. The van der Waals surface area contributed by atoms with E-state index in [2.05, 4.69) is 26.6 Å². The summed E-state index contributed by atoms with van der Waals surface area (Å²) in [7, 11) is 3.05. The van der Waals surface area contributed by atoms with Crippen molar-refractivity contribution < 1.29 is 19.1 Å². The van der Waals surface area contributed by atoms with E-state index in [0.29, 0.717) is 40.9 Å². The molecule has 0 radical (unpaired) electrons. The highest BCUT2D eigenvalue weighted by molar-refractivity contribution is 9.10. The molecule has 1 heterocycles. The predicted octanol–water partition coefficient (Wildman–Crippen LogP) is 1.47. The normalized spacial score (nSPS) is 17.9. The van der Waals surface area contributed by atoms with Gasteiger partial charge < -0.3 is 20.1 Å². The monoisotopic (exact) mass is 356 g/mol. The van der Waals surface area contributed by atoms with Gasteiger partial charge in [0.2, 0.25) is 5.91 Å². The second kappa shape index (κ2) is 6.80. The van der Waals surface area contributed by atoms with Gasteiger partial charge in [-0.05, 0) is 34.5 Å².